The van der Waals surface area contributed by atoms with Gasteiger partial charge in [0.25, 0.3) is 0 Å². The van der Waals surface area contributed by atoms with Gasteiger partial charge in [-0.15, -0.1) is 10.2 Å². The number of carbonyl (C=O) groups excluding carboxylic acids is 2. The molecule has 2 fully saturated rings. The van der Waals surface area contributed by atoms with E-state index in [0.29, 0.717) is 11.0 Å². The molecule has 2 heterocycles. The number of nitrogens with zero attached hydrogens (tertiary/aromatic N) is 2. The number of rotatable bonds is 7. The van der Waals surface area contributed by atoms with E-state index >= 15 is 0 Å². The van der Waals surface area contributed by atoms with Gasteiger partial charge >= 0.3 is 0 Å². The minimum atomic E-state index is -0.244. The van der Waals surface area contributed by atoms with E-state index in [1.165, 1.54) is 49.5 Å². The van der Waals surface area contributed by atoms with Gasteiger partial charge < -0.3 is 10.6 Å². The van der Waals surface area contributed by atoms with Crippen molar-refractivity contribution in [3.05, 3.63) is 17.2 Å². The first-order valence-corrected chi connectivity index (χ1v) is 11.5. The molecule has 1 aromatic heterocycles. The average Bonchev–Trinajstić information content (AvgIpc) is 3.08. The molecule has 0 radical (unpaired) electrons. The van der Waals surface area contributed by atoms with Crippen LogP contribution in [-0.4, -0.2) is 40.6 Å². The van der Waals surface area contributed by atoms with Gasteiger partial charge in [0.05, 0.1) is 6.04 Å². The molecule has 2 aliphatic rings. The van der Waals surface area contributed by atoms with Crippen LogP contribution in [0, 0.1) is 5.92 Å². The highest BCUT2D eigenvalue weighted by molar-refractivity contribution is 7.15. The molecule has 3 N–H and O–H groups in total. The monoisotopic (exact) mass is 419 g/mol. The summed E-state index contributed by atoms with van der Waals surface area (Å²) in [4.78, 5) is 24.8. The highest BCUT2D eigenvalue weighted by Gasteiger charge is 2.27. The Kier molecular flexibility index (Phi) is 7.40. The first kappa shape index (κ1) is 21.9. The number of hydrogen-bond donors (Lipinski definition) is 3. The molecule has 0 bridgehead atoms. The Balaban J connectivity index is 1.58. The third-order valence-corrected chi connectivity index (χ3v) is 6.82. The summed E-state index contributed by atoms with van der Waals surface area (Å²) in [6, 6.07) is -0.221. The summed E-state index contributed by atoms with van der Waals surface area (Å²) >= 11 is 1.39. The molecule has 29 heavy (non-hydrogen) atoms. The lowest BCUT2D eigenvalue weighted by Gasteiger charge is -2.30. The fourth-order valence-electron chi connectivity index (χ4n) is 3.69. The molecular formula is C21H33N5O2S. The van der Waals surface area contributed by atoms with Crippen LogP contribution in [0.5, 0.6) is 0 Å². The van der Waals surface area contributed by atoms with Crippen LogP contribution in [0.2, 0.25) is 0 Å². The quantitative estimate of drug-likeness (QED) is 0.590. The molecule has 7 nitrogen and oxygen atoms in total. The Morgan fingerprint density at radius 2 is 1.93 bits per heavy atom. The zero-order chi connectivity index (χ0) is 20.9. The lowest BCUT2D eigenvalue weighted by molar-refractivity contribution is -0.125. The molecule has 8 heteroatoms. The third kappa shape index (κ3) is 6.60. The van der Waals surface area contributed by atoms with Crippen LogP contribution in [0.15, 0.2) is 12.2 Å². The van der Waals surface area contributed by atoms with Gasteiger partial charge in [-0.1, -0.05) is 70.3 Å². The lowest BCUT2D eigenvalue weighted by Crippen LogP contribution is -2.55. The van der Waals surface area contributed by atoms with E-state index < -0.39 is 0 Å². The number of aromatic nitrogens is 2. The number of anilines is 1. The minimum absolute atomic E-state index is 0.0288. The Bertz CT molecular complexity index is 730. The van der Waals surface area contributed by atoms with Crippen molar-refractivity contribution in [1.82, 2.24) is 20.8 Å². The molecule has 1 saturated carbocycles. The first-order chi connectivity index (χ1) is 13.8. The van der Waals surface area contributed by atoms with Crippen molar-refractivity contribution in [2.75, 3.05) is 11.9 Å². The molecule has 0 aromatic carbocycles. The largest absolute Gasteiger partial charge is 0.349 e. The van der Waals surface area contributed by atoms with Gasteiger partial charge in [0.15, 0.2) is 0 Å². The van der Waals surface area contributed by atoms with Crippen molar-refractivity contribution in [2.24, 2.45) is 5.92 Å². The van der Waals surface area contributed by atoms with Gasteiger partial charge in [-0.2, -0.15) is 0 Å². The predicted octanol–water partition coefficient (Wildman–Crippen LogP) is 3.15. The Morgan fingerprint density at radius 1 is 1.21 bits per heavy atom. The number of carbonyl (C=O) groups is 2. The molecule has 1 aliphatic carbocycles. The summed E-state index contributed by atoms with van der Waals surface area (Å²) in [5.41, 5.74) is -0.0958. The Morgan fingerprint density at radius 3 is 2.52 bits per heavy atom. The molecule has 160 valence electrons. The third-order valence-electron chi connectivity index (χ3n) is 5.56. The topological polar surface area (TPSA) is 96.0 Å². The van der Waals surface area contributed by atoms with E-state index in [1.807, 2.05) is 6.08 Å². The average molecular weight is 420 g/mol. The smallest absolute Gasteiger partial charge is 0.249 e. The zero-order valence-electron chi connectivity index (χ0n) is 17.7. The van der Waals surface area contributed by atoms with Crippen molar-refractivity contribution in [1.29, 1.82) is 0 Å². The minimum Gasteiger partial charge on any atom is -0.349 e. The van der Waals surface area contributed by atoms with Gasteiger partial charge in [-0.05, 0) is 25.3 Å². The van der Waals surface area contributed by atoms with Crippen LogP contribution >= 0.6 is 11.3 Å². The summed E-state index contributed by atoms with van der Waals surface area (Å²) < 4.78 is 0. The van der Waals surface area contributed by atoms with E-state index in [2.05, 4.69) is 46.9 Å². The van der Waals surface area contributed by atoms with Crippen LogP contribution in [0.25, 0.3) is 0 Å². The van der Waals surface area contributed by atoms with E-state index in [-0.39, 0.29) is 29.3 Å². The zero-order valence-corrected chi connectivity index (χ0v) is 18.5. The summed E-state index contributed by atoms with van der Waals surface area (Å²) in [5.74, 6) is 0.390. The predicted molar refractivity (Wildman–Crippen MR) is 116 cm³/mol. The fraction of sp³-hybridized carbons (Fsp3) is 0.714. The molecule has 1 aromatic rings. The molecular weight excluding hydrogens is 386 g/mol. The standard InChI is InChI=1S/C21H33N5O2S/c1-21(2,3)19-25-26-20(29-19)24-17(27)10-9-15(13-14-7-5-4-6-8-14)23-18(28)16-11-12-22-16/h9-10,14-16,22H,4-8,11-13H2,1-3H3,(H,23,28)(H,24,26,27)/b10-9+/t15?,16-/m0/s1. The van der Waals surface area contributed by atoms with Gasteiger partial charge in [-0.3, -0.25) is 14.9 Å². The maximum atomic E-state index is 12.4. The molecule has 2 amide bonds. The normalized spacial score (nSPS) is 21.6. The Hall–Kier alpha value is -1.80. The van der Waals surface area contributed by atoms with Crippen LogP contribution in [-0.2, 0) is 15.0 Å². The molecule has 1 unspecified atom stereocenters. The second-order valence-corrected chi connectivity index (χ2v) is 10.1. The molecule has 1 saturated heterocycles. The number of amides is 2. The molecule has 0 spiro atoms. The molecule has 1 aliphatic heterocycles. The summed E-state index contributed by atoms with van der Waals surface area (Å²) in [5, 5.41) is 18.6. The van der Waals surface area contributed by atoms with Crippen LogP contribution < -0.4 is 16.0 Å². The number of hydrogen-bond acceptors (Lipinski definition) is 6. The summed E-state index contributed by atoms with van der Waals surface area (Å²) in [7, 11) is 0. The highest BCUT2D eigenvalue weighted by atomic mass is 32.1. The van der Waals surface area contributed by atoms with Gasteiger partial charge in [0.2, 0.25) is 16.9 Å². The first-order valence-electron chi connectivity index (χ1n) is 10.7. The van der Waals surface area contributed by atoms with Gasteiger partial charge in [-0.25, -0.2) is 0 Å². The van der Waals surface area contributed by atoms with Crippen molar-refractivity contribution in [3.63, 3.8) is 0 Å². The van der Waals surface area contributed by atoms with Crippen molar-refractivity contribution in [2.45, 2.75) is 83.2 Å². The van der Waals surface area contributed by atoms with Gasteiger partial charge in [0, 0.05) is 17.5 Å². The van der Waals surface area contributed by atoms with E-state index in [1.54, 1.807) is 0 Å². The van der Waals surface area contributed by atoms with E-state index in [9.17, 15) is 9.59 Å². The second-order valence-electron chi connectivity index (χ2n) is 9.16. The second kappa shape index (κ2) is 9.80. The van der Waals surface area contributed by atoms with E-state index in [0.717, 1.165) is 24.4 Å². The lowest BCUT2D eigenvalue weighted by atomic mass is 9.84. The molecule has 3 rings (SSSR count). The summed E-state index contributed by atoms with van der Waals surface area (Å²) in [6.07, 6.45) is 11.3. The maximum absolute atomic E-state index is 12.4. The van der Waals surface area contributed by atoms with Crippen LogP contribution in [0.1, 0.15) is 70.7 Å². The van der Waals surface area contributed by atoms with Gasteiger partial charge in [0.1, 0.15) is 5.01 Å². The van der Waals surface area contributed by atoms with Crippen LogP contribution in [0.4, 0.5) is 5.13 Å². The number of nitrogens with one attached hydrogen (secondary N) is 3. The van der Waals surface area contributed by atoms with E-state index in [4.69, 9.17) is 0 Å². The summed E-state index contributed by atoms with van der Waals surface area (Å²) in [6.45, 7) is 7.08. The SMILES string of the molecule is CC(C)(C)c1nnc(NC(=O)/C=C/C(CC2CCCCC2)NC(=O)[C@@H]2CCN2)s1. The van der Waals surface area contributed by atoms with Crippen molar-refractivity contribution in [3.8, 4) is 0 Å². The van der Waals surface area contributed by atoms with Crippen molar-refractivity contribution >= 4 is 28.3 Å². The highest BCUT2D eigenvalue weighted by Crippen LogP contribution is 2.28. The van der Waals surface area contributed by atoms with Crippen LogP contribution in [0.3, 0.4) is 0 Å². The maximum Gasteiger partial charge on any atom is 0.249 e. The fourth-order valence-corrected chi connectivity index (χ4v) is 4.50. The Labute approximate surface area is 177 Å². The molecule has 2 atom stereocenters. The van der Waals surface area contributed by atoms with Crippen molar-refractivity contribution < 1.29 is 9.59 Å².